The number of fused-ring (bicyclic) bond motifs is 1. The largest absolute Gasteiger partial charge is 0.350 e. The van der Waals surface area contributed by atoms with E-state index < -0.39 is 0 Å². The van der Waals surface area contributed by atoms with Gasteiger partial charge in [-0.2, -0.15) is 0 Å². The molecule has 2 nitrogen and oxygen atoms in total. The highest BCUT2D eigenvalue weighted by Gasteiger charge is 2.13. The number of hydrogen-bond acceptors (Lipinski definition) is 1. The van der Waals surface area contributed by atoms with Gasteiger partial charge in [-0.05, 0) is 28.4 Å². The van der Waals surface area contributed by atoms with Gasteiger partial charge in [0.25, 0.3) is 0 Å². The van der Waals surface area contributed by atoms with Crippen molar-refractivity contribution in [2.24, 2.45) is 0 Å². The highest BCUT2D eigenvalue weighted by Crippen LogP contribution is 2.19. The fraction of sp³-hybridized carbons (Fsp3) is 0.444. The number of Topliss-reactive ketones (excluding diaryl/α,β-unsaturated/α-hetero) is 1. The van der Waals surface area contributed by atoms with Crippen LogP contribution in [0.1, 0.15) is 18.5 Å². The highest BCUT2D eigenvalue weighted by molar-refractivity contribution is 9.10. The Morgan fingerprint density at radius 3 is 3.17 bits per heavy atom. The molecule has 0 unspecified atom stereocenters. The van der Waals surface area contributed by atoms with E-state index in [1.807, 2.05) is 12.3 Å². The molecule has 0 atom stereocenters. The second-order valence-electron chi connectivity index (χ2n) is 3.16. The Hall–Kier alpha value is -0.570. The van der Waals surface area contributed by atoms with Crippen LogP contribution in [0.5, 0.6) is 0 Å². The van der Waals surface area contributed by atoms with E-state index in [9.17, 15) is 4.79 Å². The zero-order chi connectivity index (χ0) is 8.55. The zero-order valence-electron chi connectivity index (χ0n) is 6.72. The topological polar surface area (TPSA) is 22.0 Å². The Morgan fingerprint density at radius 1 is 1.50 bits per heavy atom. The number of ketones is 1. The summed E-state index contributed by atoms with van der Waals surface area (Å²) in [6, 6.07) is 2.03. The molecule has 0 fully saturated rings. The second-order valence-corrected chi connectivity index (χ2v) is 4.08. The highest BCUT2D eigenvalue weighted by atomic mass is 79.9. The van der Waals surface area contributed by atoms with Crippen molar-refractivity contribution in [3.05, 3.63) is 22.4 Å². The van der Waals surface area contributed by atoms with Gasteiger partial charge in [-0.25, -0.2) is 0 Å². The lowest BCUT2D eigenvalue weighted by Gasteiger charge is -2.00. The van der Waals surface area contributed by atoms with Crippen LogP contribution in [-0.4, -0.2) is 10.4 Å². The van der Waals surface area contributed by atoms with Gasteiger partial charge in [0.2, 0.25) is 0 Å². The number of aromatic nitrogens is 1. The van der Waals surface area contributed by atoms with E-state index in [-0.39, 0.29) is 0 Å². The summed E-state index contributed by atoms with van der Waals surface area (Å²) in [6.45, 7) is 0.979. The average molecular weight is 228 g/mol. The summed E-state index contributed by atoms with van der Waals surface area (Å²) in [4.78, 5) is 11.2. The molecule has 0 amide bonds. The maximum absolute atomic E-state index is 11.2. The smallest absolute Gasteiger partial charge is 0.138 e. The number of carbonyl (C=O) groups excluding carboxylic acids is 1. The first-order valence-electron chi connectivity index (χ1n) is 4.12. The average Bonchev–Trinajstić information content (AvgIpc) is 2.23. The molecule has 1 aliphatic heterocycles. The van der Waals surface area contributed by atoms with Crippen molar-refractivity contribution in [1.29, 1.82) is 0 Å². The number of aryl methyl sites for hydroxylation is 1. The predicted octanol–water partition coefficient (Wildman–Crippen LogP) is 2.16. The molecule has 0 radical (unpaired) electrons. The van der Waals surface area contributed by atoms with E-state index in [1.54, 1.807) is 0 Å². The Labute approximate surface area is 79.7 Å². The summed E-state index contributed by atoms with van der Waals surface area (Å²) in [5.74, 6) is 0.361. The van der Waals surface area contributed by atoms with Crippen molar-refractivity contribution < 1.29 is 4.79 Å². The fourth-order valence-electron chi connectivity index (χ4n) is 1.61. The van der Waals surface area contributed by atoms with Gasteiger partial charge in [-0.15, -0.1) is 0 Å². The molecule has 2 heterocycles. The lowest BCUT2D eigenvalue weighted by atomic mass is 10.1. The third-order valence-corrected chi connectivity index (χ3v) is 2.62. The second kappa shape index (κ2) is 3.05. The number of hydrogen-bond donors (Lipinski definition) is 0. The van der Waals surface area contributed by atoms with E-state index >= 15 is 0 Å². The van der Waals surface area contributed by atoms with Crippen molar-refractivity contribution in [3.8, 4) is 0 Å². The van der Waals surface area contributed by atoms with Gasteiger partial charge in [0.05, 0.1) is 0 Å². The Bertz CT molecular complexity index is 316. The number of halogens is 1. The lowest BCUT2D eigenvalue weighted by molar-refractivity contribution is -0.118. The molecule has 0 saturated carbocycles. The minimum Gasteiger partial charge on any atom is -0.350 e. The molecule has 0 saturated heterocycles. The molecular weight excluding hydrogens is 218 g/mol. The van der Waals surface area contributed by atoms with Gasteiger partial charge in [0, 0.05) is 35.7 Å². The maximum atomic E-state index is 11.2. The maximum Gasteiger partial charge on any atom is 0.138 e. The summed E-state index contributed by atoms with van der Waals surface area (Å²) in [7, 11) is 0. The normalized spacial score (nSPS) is 17.2. The van der Waals surface area contributed by atoms with Gasteiger partial charge in [-0.3, -0.25) is 4.79 Å². The summed E-state index contributed by atoms with van der Waals surface area (Å²) < 4.78 is 3.24. The number of carbonyl (C=O) groups is 1. The van der Waals surface area contributed by atoms with Crippen LogP contribution < -0.4 is 0 Å². The van der Waals surface area contributed by atoms with E-state index in [0.29, 0.717) is 12.2 Å². The number of rotatable bonds is 0. The van der Waals surface area contributed by atoms with Crippen molar-refractivity contribution in [2.75, 3.05) is 0 Å². The molecule has 12 heavy (non-hydrogen) atoms. The van der Waals surface area contributed by atoms with Crippen LogP contribution in [0.4, 0.5) is 0 Å². The third-order valence-electron chi connectivity index (χ3n) is 2.19. The van der Waals surface area contributed by atoms with E-state index in [4.69, 9.17) is 0 Å². The van der Waals surface area contributed by atoms with Gasteiger partial charge in [0.15, 0.2) is 0 Å². The monoisotopic (exact) mass is 227 g/mol. The van der Waals surface area contributed by atoms with Crippen molar-refractivity contribution >= 4 is 21.7 Å². The first kappa shape index (κ1) is 8.05. The van der Waals surface area contributed by atoms with Crippen LogP contribution in [0.25, 0.3) is 0 Å². The molecule has 0 bridgehead atoms. The third kappa shape index (κ3) is 1.46. The Morgan fingerprint density at radius 2 is 2.33 bits per heavy atom. The van der Waals surface area contributed by atoms with Crippen molar-refractivity contribution in [1.82, 2.24) is 4.57 Å². The molecule has 2 rings (SSSR count). The van der Waals surface area contributed by atoms with Gasteiger partial charge < -0.3 is 4.57 Å². The van der Waals surface area contributed by atoms with Gasteiger partial charge in [0.1, 0.15) is 5.78 Å². The molecule has 0 aromatic carbocycles. The zero-order valence-corrected chi connectivity index (χ0v) is 8.30. The van der Waals surface area contributed by atoms with Crippen LogP contribution in [0.3, 0.4) is 0 Å². The minimum atomic E-state index is 0.361. The minimum absolute atomic E-state index is 0.361. The van der Waals surface area contributed by atoms with Crippen LogP contribution in [0, 0.1) is 0 Å². The molecular formula is C9H10BrNO. The van der Waals surface area contributed by atoms with Crippen LogP contribution in [0.2, 0.25) is 0 Å². The quantitative estimate of drug-likeness (QED) is 0.666. The van der Waals surface area contributed by atoms with Crippen LogP contribution in [0.15, 0.2) is 16.7 Å². The van der Waals surface area contributed by atoms with Gasteiger partial charge >= 0.3 is 0 Å². The summed E-state index contributed by atoms with van der Waals surface area (Å²) in [5.41, 5.74) is 1.14. The van der Waals surface area contributed by atoms with Crippen LogP contribution in [-0.2, 0) is 17.8 Å². The molecule has 3 heteroatoms. The fourth-order valence-corrected chi connectivity index (χ4v) is 2.12. The van der Waals surface area contributed by atoms with E-state index in [2.05, 4.69) is 20.5 Å². The first-order chi connectivity index (χ1) is 5.75. The Kier molecular flexibility index (Phi) is 2.05. The molecule has 1 aliphatic rings. The molecule has 1 aromatic heterocycles. The van der Waals surface area contributed by atoms with Crippen LogP contribution >= 0.6 is 15.9 Å². The van der Waals surface area contributed by atoms with Gasteiger partial charge in [-0.1, -0.05) is 0 Å². The van der Waals surface area contributed by atoms with E-state index in [0.717, 1.165) is 29.6 Å². The Balaban J connectivity index is 2.36. The molecule has 0 spiro atoms. The molecule has 0 N–H and O–H groups in total. The number of nitrogens with zero attached hydrogens (tertiary/aromatic N) is 1. The van der Waals surface area contributed by atoms with Crippen molar-refractivity contribution in [2.45, 2.75) is 25.8 Å². The first-order valence-corrected chi connectivity index (χ1v) is 4.91. The molecule has 0 aliphatic carbocycles. The predicted molar refractivity (Wildman–Crippen MR) is 50.1 cm³/mol. The SMILES string of the molecule is O=C1CCCn2cc(Br)cc2C1. The standard InChI is InChI=1S/C9H10BrNO/c10-7-4-8-5-9(12)2-1-3-11(8)6-7/h4,6H,1-3,5H2. The van der Waals surface area contributed by atoms with E-state index in [1.165, 1.54) is 0 Å². The summed E-state index contributed by atoms with van der Waals surface area (Å²) in [6.07, 6.45) is 4.37. The lowest BCUT2D eigenvalue weighted by Crippen LogP contribution is -2.00. The summed E-state index contributed by atoms with van der Waals surface area (Å²) >= 11 is 3.41. The van der Waals surface area contributed by atoms with Crippen molar-refractivity contribution in [3.63, 3.8) is 0 Å². The molecule has 64 valence electrons. The molecule has 1 aromatic rings. The summed E-state index contributed by atoms with van der Waals surface area (Å²) in [5, 5.41) is 0.